The third kappa shape index (κ3) is 4.33. The Morgan fingerprint density at radius 1 is 1.12 bits per heavy atom. The summed E-state index contributed by atoms with van der Waals surface area (Å²) in [6.45, 7) is 4.53. The number of aryl methyl sites for hydroxylation is 1. The van der Waals surface area contributed by atoms with Crippen LogP contribution in [0.15, 0.2) is 53.0 Å². The first kappa shape index (κ1) is 18.6. The molecule has 1 saturated heterocycles. The highest BCUT2D eigenvalue weighted by molar-refractivity contribution is 9.10. The van der Waals surface area contributed by atoms with Crippen molar-refractivity contribution in [2.45, 2.75) is 19.3 Å². The molecule has 0 spiro atoms. The lowest BCUT2D eigenvalue weighted by Crippen LogP contribution is -2.48. The number of carbonyl (C=O) groups excluding carboxylic acids is 2. The summed E-state index contributed by atoms with van der Waals surface area (Å²) >= 11 is 3.56. The third-order valence-electron chi connectivity index (χ3n) is 5.01. The van der Waals surface area contributed by atoms with E-state index in [9.17, 15) is 9.59 Å². The molecule has 0 N–H and O–H groups in total. The van der Waals surface area contributed by atoms with Crippen molar-refractivity contribution in [3.8, 4) is 0 Å². The van der Waals surface area contributed by atoms with Crippen LogP contribution in [0.1, 0.15) is 29.0 Å². The molecule has 2 amide bonds. The summed E-state index contributed by atoms with van der Waals surface area (Å²) in [7, 11) is 0. The molecule has 26 heavy (non-hydrogen) atoms. The first-order valence-corrected chi connectivity index (χ1v) is 9.66. The molecule has 2 aromatic rings. The Labute approximate surface area is 162 Å². The van der Waals surface area contributed by atoms with Gasteiger partial charge in [0.05, 0.1) is 0 Å². The van der Waals surface area contributed by atoms with Crippen LogP contribution in [0.25, 0.3) is 0 Å². The molecule has 1 fully saturated rings. The number of halogens is 1. The van der Waals surface area contributed by atoms with E-state index in [-0.39, 0.29) is 11.8 Å². The molecule has 3 rings (SSSR count). The van der Waals surface area contributed by atoms with Crippen LogP contribution >= 0.6 is 15.9 Å². The molecule has 1 aliphatic rings. The van der Waals surface area contributed by atoms with Gasteiger partial charge in [-0.3, -0.25) is 9.59 Å². The Kier molecular flexibility index (Phi) is 6.09. The van der Waals surface area contributed by atoms with Gasteiger partial charge in [0.1, 0.15) is 0 Å². The van der Waals surface area contributed by atoms with E-state index in [1.807, 2.05) is 29.2 Å². The third-order valence-corrected chi connectivity index (χ3v) is 5.51. The molecule has 1 atom stereocenters. The van der Waals surface area contributed by atoms with Gasteiger partial charge in [-0.15, -0.1) is 0 Å². The van der Waals surface area contributed by atoms with Gasteiger partial charge in [-0.2, -0.15) is 0 Å². The molecule has 2 aromatic carbocycles. The molecule has 0 bridgehead atoms. The summed E-state index contributed by atoms with van der Waals surface area (Å²) in [6, 6.07) is 16.4. The topological polar surface area (TPSA) is 40.6 Å². The Balaban J connectivity index is 1.84. The van der Waals surface area contributed by atoms with E-state index >= 15 is 0 Å². The fourth-order valence-corrected chi connectivity index (χ4v) is 3.84. The normalized spacial score (nSPS) is 15.6. The van der Waals surface area contributed by atoms with E-state index in [0.29, 0.717) is 32.6 Å². The van der Waals surface area contributed by atoms with E-state index in [4.69, 9.17) is 0 Å². The summed E-state index contributed by atoms with van der Waals surface area (Å²) in [5.41, 5.74) is 3.50. The van der Waals surface area contributed by atoms with Crippen molar-refractivity contribution in [3.05, 3.63) is 69.7 Å². The van der Waals surface area contributed by atoms with Gasteiger partial charge in [0.2, 0.25) is 12.3 Å². The monoisotopic (exact) mass is 414 g/mol. The van der Waals surface area contributed by atoms with Crippen molar-refractivity contribution in [3.63, 3.8) is 0 Å². The van der Waals surface area contributed by atoms with Gasteiger partial charge in [0.15, 0.2) is 0 Å². The van der Waals surface area contributed by atoms with Crippen LogP contribution in [0, 0.1) is 6.92 Å². The van der Waals surface area contributed by atoms with Crippen LogP contribution in [-0.2, 0) is 9.59 Å². The Bertz CT molecular complexity index is 771. The molecule has 136 valence electrons. The van der Waals surface area contributed by atoms with Crippen LogP contribution in [-0.4, -0.2) is 48.3 Å². The van der Waals surface area contributed by atoms with Crippen molar-refractivity contribution in [1.29, 1.82) is 0 Å². The highest BCUT2D eigenvalue weighted by Gasteiger charge is 2.25. The molecule has 1 unspecified atom stereocenters. The Morgan fingerprint density at radius 2 is 1.81 bits per heavy atom. The van der Waals surface area contributed by atoms with E-state index in [1.54, 1.807) is 4.90 Å². The minimum atomic E-state index is 0.0188. The maximum Gasteiger partial charge on any atom is 0.223 e. The van der Waals surface area contributed by atoms with Gasteiger partial charge in [-0.1, -0.05) is 52.3 Å². The van der Waals surface area contributed by atoms with Crippen LogP contribution in [0.5, 0.6) is 0 Å². The van der Waals surface area contributed by atoms with Crippen LogP contribution in [0.4, 0.5) is 0 Å². The van der Waals surface area contributed by atoms with E-state index < -0.39 is 0 Å². The number of carbonyl (C=O) groups is 2. The number of hydrogen-bond donors (Lipinski definition) is 0. The number of rotatable bonds is 5. The second-order valence-electron chi connectivity index (χ2n) is 6.69. The van der Waals surface area contributed by atoms with Crippen LogP contribution < -0.4 is 0 Å². The summed E-state index contributed by atoms with van der Waals surface area (Å²) < 4.78 is 1.02. The van der Waals surface area contributed by atoms with E-state index in [2.05, 4.69) is 47.1 Å². The molecule has 0 saturated carbocycles. The van der Waals surface area contributed by atoms with Gasteiger partial charge in [-0.25, -0.2) is 0 Å². The lowest BCUT2D eigenvalue weighted by Gasteiger charge is -2.33. The average Bonchev–Trinajstić information content (AvgIpc) is 2.68. The quantitative estimate of drug-likeness (QED) is 0.701. The predicted octanol–water partition coefficient (Wildman–Crippen LogP) is 3.58. The second kappa shape index (κ2) is 8.49. The van der Waals surface area contributed by atoms with Crippen LogP contribution in [0.3, 0.4) is 0 Å². The zero-order chi connectivity index (χ0) is 18.5. The number of nitrogens with zero attached hydrogens (tertiary/aromatic N) is 2. The minimum absolute atomic E-state index is 0.0188. The zero-order valence-electron chi connectivity index (χ0n) is 14.9. The molecule has 1 heterocycles. The zero-order valence-corrected chi connectivity index (χ0v) is 16.5. The fourth-order valence-electron chi connectivity index (χ4n) is 3.46. The maximum absolute atomic E-state index is 13.0. The minimum Gasteiger partial charge on any atom is -0.342 e. The summed E-state index contributed by atoms with van der Waals surface area (Å²) in [5, 5.41) is 0. The number of benzene rings is 2. The standard InChI is InChI=1S/C21H23BrN2O2/c1-16-7-8-18(22)13-19(16)20(17-5-3-2-4-6-17)14-21(26)24-11-9-23(15-25)10-12-24/h2-8,13,15,20H,9-12,14H2,1H3. The second-order valence-corrected chi connectivity index (χ2v) is 7.61. The van der Waals surface area contributed by atoms with Gasteiger partial charge >= 0.3 is 0 Å². The predicted molar refractivity (Wildman–Crippen MR) is 106 cm³/mol. The summed E-state index contributed by atoms with van der Waals surface area (Å²) in [4.78, 5) is 27.4. The van der Waals surface area contributed by atoms with Gasteiger partial charge in [-0.05, 0) is 35.7 Å². The SMILES string of the molecule is Cc1ccc(Br)cc1C(CC(=O)N1CCN(C=O)CC1)c1ccccc1. The molecule has 1 aliphatic heterocycles. The number of amides is 2. The van der Waals surface area contributed by atoms with E-state index in [0.717, 1.165) is 16.4 Å². The maximum atomic E-state index is 13.0. The summed E-state index contributed by atoms with van der Waals surface area (Å²) in [6.07, 6.45) is 1.29. The largest absolute Gasteiger partial charge is 0.342 e. The lowest BCUT2D eigenvalue weighted by atomic mass is 9.85. The highest BCUT2D eigenvalue weighted by Crippen LogP contribution is 2.32. The molecule has 0 aromatic heterocycles. The van der Waals surface area contributed by atoms with Gasteiger partial charge in [0.25, 0.3) is 0 Å². The lowest BCUT2D eigenvalue weighted by molar-refractivity contribution is -0.135. The van der Waals surface area contributed by atoms with Crippen LogP contribution in [0.2, 0.25) is 0 Å². The molecule has 0 radical (unpaired) electrons. The Morgan fingerprint density at radius 3 is 2.46 bits per heavy atom. The first-order chi connectivity index (χ1) is 12.6. The van der Waals surface area contributed by atoms with Crippen molar-refractivity contribution in [2.24, 2.45) is 0 Å². The molecule has 4 nitrogen and oxygen atoms in total. The van der Waals surface area contributed by atoms with Crippen molar-refractivity contribution in [2.75, 3.05) is 26.2 Å². The Hall–Kier alpha value is -2.14. The highest BCUT2D eigenvalue weighted by atomic mass is 79.9. The van der Waals surface area contributed by atoms with Crippen molar-refractivity contribution >= 4 is 28.2 Å². The number of hydrogen-bond acceptors (Lipinski definition) is 2. The summed E-state index contributed by atoms with van der Waals surface area (Å²) in [5.74, 6) is 0.161. The average molecular weight is 415 g/mol. The van der Waals surface area contributed by atoms with Gasteiger partial charge < -0.3 is 9.80 Å². The van der Waals surface area contributed by atoms with Gasteiger partial charge in [0, 0.05) is 43.0 Å². The molecular weight excluding hydrogens is 392 g/mol. The molecule has 5 heteroatoms. The smallest absolute Gasteiger partial charge is 0.223 e. The number of piperazine rings is 1. The van der Waals surface area contributed by atoms with Crippen molar-refractivity contribution < 1.29 is 9.59 Å². The van der Waals surface area contributed by atoms with Crippen molar-refractivity contribution in [1.82, 2.24) is 9.80 Å². The van der Waals surface area contributed by atoms with E-state index in [1.165, 1.54) is 11.1 Å². The fraction of sp³-hybridized carbons (Fsp3) is 0.333. The first-order valence-electron chi connectivity index (χ1n) is 8.86. The molecule has 0 aliphatic carbocycles. The molecular formula is C21H23BrN2O2.